The van der Waals surface area contributed by atoms with Gasteiger partial charge in [-0.25, -0.2) is 0 Å². The highest BCUT2D eigenvalue weighted by molar-refractivity contribution is 9.10. The van der Waals surface area contributed by atoms with Gasteiger partial charge in [0.05, 0.1) is 5.52 Å². The number of halogens is 1. The third-order valence-electron chi connectivity index (χ3n) is 2.12. The van der Waals surface area contributed by atoms with Gasteiger partial charge in [-0.15, -0.1) is 0 Å². The summed E-state index contributed by atoms with van der Waals surface area (Å²) in [5.41, 5.74) is 6.58. The van der Waals surface area contributed by atoms with Gasteiger partial charge in [0.1, 0.15) is 0 Å². The Bertz CT molecular complexity index is 439. The summed E-state index contributed by atoms with van der Waals surface area (Å²) in [5, 5.41) is 1.26. The molecular formula is C10H11BrN2S. The van der Waals surface area contributed by atoms with Crippen LogP contribution in [-0.2, 0) is 6.42 Å². The average Bonchev–Trinajstić information content (AvgIpc) is 2.57. The zero-order valence-corrected chi connectivity index (χ0v) is 10.1. The van der Waals surface area contributed by atoms with E-state index in [1.54, 1.807) is 11.5 Å². The standard InChI is InChI=1S/C10H11BrN2S/c11-7-3-4-9-8(6-7)10(14-13-9)2-1-5-12/h3-4,6H,1-2,5,12H2. The van der Waals surface area contributed by atoms with Crippen LogP contribution >= 0.6 is 27.5 Å². The van der Waals surface area contributed by atoms with Gasteiger partial charge in [0.15, 0.2) is 0 Å². The lowest BCUT2D eigenvalue weighted by molar-refractivity contribution is 0.846. The molecule has 1 aromatic carbocycles. The fourth-order valence-corrected chi connectivity index (χ4v) is 2.63. The van der Waals surface area contributed by atoms with E-state index < -0.39 is 0 Å². The average molecular weight is 271 g/mol. The van der Waals surface area contributed by atoms with Gasteiger partial charge in [-0.05, 0) is 49.1 Å². The van der Waals surface area contributed by atoms with Crippen molar-refractivity contribution in [1.29, 1.82) is 0 Å². The maximum absolute atomic E-state index is 5.49. The maximum Gasteiger partial charge on any atom is 0.0844 e. The molecule has 1 heterocycles. The first kappa shape index (κ1) is 10.1. The molecular weight excluding hydrogens is 260 g/mol. The minimum absolute atomic E-state index is 0.743. The van der Waals surface area contributed by atoms with Crippen molar-refractivity contribution in [2.75, 3.05) is 6.54 Å². The van der Waals surface area contributed by atoms with Crippen molar-refractivity contribution in [3.8, 4) is 0 Å². The van der Waals surface area contributed by atoms with E-state index in [4.69, 9.17) is 5.73 Å². The van der Waals surface area contributed by atoms with E-state index in [0.29, 0.717) is 0 Å². The van der Waals surface area contributed by atoms with Crippen molar-refractivity contribution in [2.45, 2.75) is 12.8 Å². The molecule has 0 amide bonds. The molecule has 0 saturated carbocycles. The number of benzene rings is 1. The molecule has 1 aromatic heterocycles. The molecule has 2 nitrogen and oxygen atoms in total. The predicted molar refractivity (Wildman–Crippen MR) is 64.7 cm³/mol. The second-order valence-electron chi connectivity index (χ2n) is 3.16. The molecule has 0 spiro atoms. The Morgan fingerprint density at radius 1 is 1.43 bits per heavy atom. The van der Waals surface area contributed by atoms with E-state index in [-0.39, 0.29) is 0 Å². The van der Waals surface area contributed by atoms with E-state index in [9.17, 15) is 0 Å². The smallest absolute Gasteiger partial charge is 0.0844 e. The van der Waals surface area contributed by atoms with E-state index >= 15 is 0 Å². The maximum atomic E-state index is 5.49. The number of rotatable bonds is 3. The predicted octanol–water partition coefficient (Wildman–Crippen LogP) is 2.95. The van der Waals surface area contributed by atoms with Crippen molar-refractivity contribution in [2.24, 2.45) is 5.73 Å². The summed E-state index contributed by atoms with van der Waals surface area (Å²) in [6, 6.07) is 6.20. The summed E-state index contributed by atoms with van der Waals surface area (Å²) in [4.78, 5) is 1.34. The van der Waals surface area contributed by atoms with Crippen molar-refractivity contribution in [1.82, 2.24) is 4.37 Å². The van der Waals surface area contributed by atoms with Gasteiger partial charge in [0, 0.05) is 14.7 Å². The largest absolute Gasteiger partial charge is 0.330 e. The third kappa shape index (κ3) is 1.97. The van der Waals surface area contributed by atoms with E-state index in [0.717, 1.165) is 29.4 Å². The van der Waals surface area contributed by atoms with Crippen LogP contribution in [0.3, 0.4) is 0 Å². The molecule has 14 heavy (non-hydrogen) atoms. The summed E-state index contributed by atoms with van der Waals surface area (Å²) in [6.45, 7) is 0.743. The van der Waals surface area contributed by atoms with Gasteiger partial charge in [0.25, 0.3) is 0 Å². The van der Waals surface area contributed by atoms with Crippen LogP contribution in [0, 0.1) is 0 Å². The minimum Gasteiger partial charge on any atom is -0.330 e. The Hall–Kier alpha value is -0.450. The fraction of sp³-hybridized carbons (Fsp3) is 0.300. The monoisotopic (exact) mass is 270 g/mol. The van der Waals surface area contributed by atoms with Crippen LogP contribution < -0.4 is 5.73 Å². The molecule has 0 aliphatic carbocycles. The highest BCUT2D eigenvalue weighted by atomic mass is 79.9. The Balaban J connectivity index is 2.40. The second kappa shape index (κ2) is 4.38. The summed E-state index contributed by atoms with van der Waals surface area (Å²) >= 11 is 5.06. The van der Waals surface area contributed by atoms with Gasteiger partial charge in [-0.3, -0.25) is 0 Å². The number of fused-ring (bicyclic) bond motifs is 1. The SMILES string of the molecule is NCCCc1snc2ccc(Br)cc12. The normalized spacial score (nSPS) is 11.0. The molecule has 2 aromatic rings. The van der Waals surface area contributed by atoms with Gasteiger partial charge < -0.3 is 5.73 Å². The number of hydrogen-bond acceptors (Lipinski definition) is 3. The first-order chi connectivity index (χ1) is 6.81. The van der Waals surface area contributed by atoms with Crippen molar-refractivity contribution in [3.05, 3.63) is 27.5 Å². The molecule has 0 saturated heterocycles. The van der Waals surface area contributed by atoms with Crippen LogP contribution in [0.25, 0.3) is 10.9 Å². The summed E-state index contributed by atoms with van der Waals surface area (Å²) < 4.78 is 5.50. The zero-order valence-electron chi connectivity index (χ0n) is 7.66. The second-order valence-corrected chi connectivity index (χ2v) is 4.93. The van der Waals surface area contributed by atoms with Crippen molar-refractivity contribution in [3.63, 3.8) is 0 Å². The Labute approximate surface area is 95.4 Å². The van der Waals surface area contributed by atoms with Gasteiger partial charge in [-0.2, -0.15) is 4.37 Å². The van der Waals surface area contributed by atoms with Crippen LogP contribution in [0.2, 0.25) is 0 Å². The Morgan fingerprint density at radius 2 is 2.29 bits per heavy atom. The molecule has 0 bridgehead atoms. The number of aromatic nitrogens is 1. The van der Waals surface area contributed by atoms with Gasteiger partial charge in [-0.1, -0.05) is 15.9 Å². The zero-order chi connectivity index (χ0) is 9.97. The van der Waals surface area contributed by atoms with Crippen LogP contribution in [0.15, 0.2) is 22.7 Å². The molecule has 4 heteroatoms. The van der Waals surface area contributed by atoms with Crippen LogP contribution in [0.4, 0.5) is 0 Å². The number of aryl methyl sites for hydroxylation is 1. The first-order valence-corrected chi connectivity index (χ1v) is 6.12. The Morgan fingerprint density at radius 3 is 3.07 bits per heavy atom. The minimum atomic E-state index is 0.743. The number of nitrogens with two attached hydrogens (primary N) is 1. The molecule has 0 unspecified atom stereocenters. The van der Waals surface area contributed by atoms with E-state index in [2.05, 4.69) is 26.4 Å². The van der Waals surface area contributed by atoms with Crippen molar-refractivity contribution < 1.29 is 0 Å². The molecule has 2 rings (SSSR count). The van der Waals surface area contributed by atoms with Crippen molar-refractivity contribution >= 4 is 38.4 Å². The highest BCUT2D eigenvalue weighted by Crippen LogP contribution is 2.26. The topological polar surface area (TPSA) is 38.9 Å². The van der Waals surface area contributed by atoms with E-state index in [1.165, 1.54) is 10.3 Å². The van der Waals surface area contributed by atoms with Gasteiger partial charge >= 0.3 is 0 Å². The molecule has 0 atom stereocenters. The first-order valence-electron chi connectivity index (χ1n) is 4.55. The fourth-order valence-electron chi connectivity index (χ4n) is 1.41. The molecule has 0 aliphatic rings. The third-order valence-corrected chi connectivity index (χ3v) is 3.55. The number of nitrogens with zero attached hydrogens (tertiary/aromatic N) is 1. The quantitative estimate of drug-likeness (QED) is 0.932. The lowest BCUT2D eigenvalue weighted by Crippen LogP contribution is -1.99. The molecule has 0 aliphatic heterocycles. The van der Waals surface area contributed by atoms with Gasteiger partial charge in [0.2, 0.25) is 0 Å². The van der Waals surface area contributed by atoms with Crippen LogP contribution in [0.1, 0.15) is 11.3 Å². The highest BCUT2D eigenvalue weighted by Gasteiger charge is 2.05. The molecule has 0 fully saturated rings. The van der Waals surface area contributed by atoms with E-state index in [1.807, 2.05) is 12.1 Å². The lowest BCUT2D eigenvalue weighted by Gasteiger charge is -1.96. The summed E-state index contributed by atoms with van der Waals surface area (Å²) in [5.74, 6) is 0. The molecule has 2 N–H and O–H groups in total. The molecule has 0 radical (unpaired) electrons. The lowest BCUT2D eigenvalue weighted by atomic mass is 10.1. The summed E-state index contributed by atoms with van der Waals surface area (Å²) in [7, 11) is 0. The molecule has 74 valence electrons. The van der Waals surface area contributed by atoms with Crippen LogP contribution in [0.5, 0.6) is 0 Å². The Kier molecular flexibility index (Phi) is 3.15. The van der Waals surface area contributed by atoms with Crippen LogP contribution in [-0.4, -0.2) is 10.9 Å². The summed E-state index contributed by atoms with van der Waals surface area (Å²) in [6.07, 6.45) is 2.07. The number of hydrogen-bond donors (Lipinski definition) is 1.